The minimum Gasteiger partial charge on any atom is -0.378 e. The van der Waals surface area contributed by atoms with Gasteiger partial charge in [-0.05, 0) is 13.5 Å². The summed E-state index contributed by atoms with van der Waals surface area (Å²) in [6, 6.07) is 0. The first-order valence-electron chi connectivity index (χ1n) is 6.65. The van der Waals surface area contributed by atoms with Crippen molar-refractivity contribution in [2.75, 3.05) is 25.7 Å². The predicted molar refractivity (Wildman–Crippen MR) is 87.3 cm³/mol. The average Bonchev–Trinajstić information content (AvgIpc) is 2.83. The summed E-state index contributed by atoms with van der Waals surface area (Å²) in [5.41, 5.74) is 1.11. The van der Waals surface area contributed by atoms with Gasteiger partial charge in [0.15, 0.2) is 0 Å². The molecule has 3 nitrogen and oxygen atoms in total. The molecule has 2 atom stereocenters. The third kappa shape index (κ3) is 3.88. The molecule has 1 fully saturated rings. The van der Waals surface area contributed by atoms with Crippen LogP contribution in [0.1, 0.15) is 34.2 Å². The number of hydrogen-bond acceptors (Lipinski definition) is 6. The number of hydrogen-bond donors (Lipinski definition) is 1. The molecule has 0 amide bonds. The lowest BCUT2D eigenvalue weighted by Gasteiger charge is -2.28. The first-order valence-corrected chi connectivity index (χ1v) is 9.56. The topological polar surface area (TPSA) is 34.1 Å². The average molecular weight is 319 g/mol. The molecule has 2 rings (SSSR count). The zero-order chi connectivity index (χ0) is 13.7. The van der Waals surface area contributed by atoms with Gasteiger partial charge in [-0.3, -0.25) is 0 Å². The quantitative estimate of drug-likeness (QED) is 0.870. The Morgan fingerprint density at radius 2 is 2.16 bits per heavy atom. The Morgan fingerprint density at radius 3 is 2.84 bits per heavy atom. The molecule has 1 aromatic heterocycles. The second-order valence-electron chi connectivity index (χ2n) is 4.49. The van der Waals surface area contributed by atoms with Crippen molar-refractivity contribution in [1.29, 1.82) is 0 Å². The van der Waals surface area contributed by atoms with Crippen LogP contribution in [0.25, 0.3) is 0 Å². The first kappa shape index (κ1) is 15.6. The number of aromatic nitrogens is 1. The van der Waals surface area contributed by atoms with Gasteiger partial charge in [-0.15, -0.1) is 23.1 Å². The van der Waals surface area contributed by atoms with E-state index >= 15 is 0 Å². The highest BCUT2D eigenvalue weighted by Gasteiger charge is 2.29. The van der Waals surface area contributed by atoms with Crippen LogP contribution in [-0.2, 0) is 17.9 Å². The van der Waals surface area contributed by atoms with Crippen molar-refractivity contribution in [2.24, 2.45) is 0 Å². The normalized spacial score (nSPS) is 23.7. The van der Waals surface area contributed by atoms with Crippen molar-refractivity contribution in [3.05, 3.63) is 15.6 Å². The van der Waals surface area contributed by atoms with E-state index in [2.05, 4.69) is 35.8 Å². The lowest BCUT2D eigenvalue weighted by molar-refractivity contribution is 0.181. The smallest absolute Gasteiger partial charge is 0.107 e. The molecule has 6 heteroatoms. The predicted octanol–water partition coefficient (Wildman–Crippen LogP) is 3.31. The molecule has 2 unspecified atom stereocenters. The van der Waals surface area contributed by atoms with E-state index in [0.717, 1.165) is 12.2 Å². The van der Waals surface area contributed by atoms with Gasteiger partial charge < -0.3 is 10.1 Å². The summed E-state index contributed by atoms with van der Waals surface area (Å²) in [4.78, 5) is 6.18. The molecule has 0 radical (unpaired) electrons. The minimum atomic E-state index is 0.565. The van der Waals surface area contributed by atoms with Gasteiger partial charge >= 0.3 is 0 Å². The lowest BCUT2D eigenvalue weighted by Crippen LogP contribution is -2.18. The van der Waals surface area contributed by atoms with Crippen molar-refractivity contribution < 1.29 is 4.74 Å². The summed E-state index contributed by atoms with van der Waals surface area (Å²) < 4.78 is 5.27. The largest absolute Gasteiger partial charge is 0.378 e. The number of nitrogens with zero attached hydrogens (tertiary/aromatic N) is 1. The van der Waals surface area contributed by atoms with Gasteiger partial charge in [0.1, 0.15) is 5.01 Å². The lowest BCUT2D eigenvalue weighted by atomic mass is 10.2. The van der Waals surface area contributed by atoms with E-state index in [9.17, 15) is 0 Å². The summed E-state index contributed by atoms with van der Waals surface area (Å²) >= 11 is 6.04. The van der Waals surface area contributed by atoms with Crippen LogP contribution in [0.15, 0.2) is 0 Å². The van der Waals surface area contributed by atoms with Crippen molar-refractivity contribution in [3.63, 3.8) is 0 Å². The Balaban J connectivity index is 2.20. The number of rotatable bonds is 6. The second-order valence-corrected chi connectivity index (χ2v) is 8.21. The summed E-state index contributed by atoms with van der Waals surface area (Å²) in [5.74, 6) is 2.52. The summed E-state index contributed by atoms with van der Waals surface area (Å²) in [6.07, 6.45) is 1.23. The Morgan fingerprint density at radius 1 is 1.37 bits per heavy atom. The van der Waals surface area contributed by atoms with Gasteiger partial charge in [0.2, 0.25) is 0 Å². The number of thiazole rings is 1. The fourth-order valence-electron chi connectivity index (χ4n) is 2.20. The molecular formula is C13H22N2OS3. The molecule has 1 aromatic rings. The third-order valence-electron chi connectivity index (χ3n) is 3.11. The standard InChI is InChI=1S/C13H22N2OS3/c1-4-10-12(18-6-5-17-10)13-15-9(8-16-3)11(19-13)7-14-2/h10,12,14H,4-8H2,1-3H3. The van der Waals surface area contributed by atoms with E-state index in [1.807, 2.05) is 18.4 Å². The monoisotopic (exact) mass is 318 g/mol. The molecule has 0 bridgehead atoms. The number of methoxy groups -OCH3 is 1. The number of ether oxygens (including phenoxy) is 1. The van der Waals surface area contributed by atoms with Gasteiger partial charge in [0.25, 0.3) is 0 Å². The van der Waals surface area contributed by atoms with Crippen molar-refractivity contribution in [1.82, 2.24) is 10.3 Å². The maximum absolute atomic E-state index is 5.27. The number of nitrogens with one attached hydrogen (secondary N) is 1. The molecule has 1 aliphatic rings. The fraction of sp³-hybridized carbons (Fsp3) is 0.769. The van der Waals surface area contributed by atoms with E-state index in [-0.39, 0.29) is 0 Å². The highest BCUT2D eigenvalue weighted by Crippen LogP contribution is 2.45. The van der Waals surface area contributed by atoms with E-state index in [0.29, 0.717) is 17.1 Å². The molecule has 1 aliphatic heterocycles. The molecular weight excluding hydrogens is 296 g/mol. The van der Waals surface area contributed by atoms with Crippen molar-refractivity contribution in [3.8, 4) is 0 Å². The van der Waals surface area contributed by atoms with Gasteiger partial charge in [-0.1, -0.05) is 6.92 Å². The number of thioether (sulfide) groups is 2. The Bertz CT molecular complexity index is 374. The van der Waals surface area contributed by atoms with Crippen LogP contribution in [0.5, 0.6) is 0 Å². The van der Waals surface area contributed by atoms with E-state index in [1.165, 1.54) is 27.8 Å². The fourth-order valence-corrected chi connectivity index (χ4v) is 6.71. The Labute approximate surface area is 128 Å². The van der Waals surface area contributed by atoms with Crippen LogP contribution in [0, 0.1) is 0 Å². The summed E-state index contributed by atoms with van der Waals surface area (Å²) in [7, 11) is 3.72. The van der Waals surface area contributed by atoms with E-state index in [1.54, 1.807) is 7.11 Å². The maximum atomic E-state index is 5.27. The highest BCUT2D eigenvalue weighted by atomic mass is 32.2. The molecule has 19 heavy (non-hydrogen) atoms. The molecule has 0 aliphatic carbocycles. The van der Waals surface area contributed by atoms with Crippen molar-refractivity contribution in [2.45, 2.75) is 37.0 Å². The molecule has 108 valence electrons. The van der Waals surface area contributed by atoms with Crippen LogP contribution < -0.4 is 5.32 Å². The van der Waals surface area contributed by atoms with Crippen LogP contribution in [0.3, 0.4) is 0 Å². The van der Waals surface area contributed by atoms with Gasteiger partial charge in [0, 0.05) is 35.3 Å². The molecule has 0 saturated carbocycles. The second kappa shape index (κ2) is 7.88. The summed E-state index contributed by atoms with van der Waals surface area (Å²) in [5, 5.41) is 5.80. The van der Waals surface area contributed by atoms with Crippen LogP contribution in [-0.4, -0.2) is 35.9 Å². The van der Waals surface area contributed by atoms with Gasteiger partial charge in [-0.25, -0.2) is 4.98 Å². The molecule has 2 heterocycles. The summed E-state index contributed by atoms with van der Waals surface area (Å²) in [6.45, 7) is 3.79. The molecule has 0 spiro atoms. The molecule has 0 aromatic carbocycles. The van der Waals surface area contributed by atoms with Crippen LogP contribution in [0.2, 0.25) is 0 Å². The zero-order valence-corrected chi connectivity index (χ0v) is 14.2. The van der Waals surface area contributed by atoms with Crippen LogP contribution in [0.4, 0.5) is 0 Å². The van der Waals surface area contributed by atoms with Gasteiger partial charge in [0.05, 0.1) is 17.6 Å². The first-order chi connectivity index (χ1) is 9.30. The maximum Gasteiger partial charge on any atom is 0.107 e. The van der Waals surface area contributed by atoms with Crippen molar-refractivity contribution >= 4 is 34.9 Å². The van der Waals surface area contributed by atoms with E-state index < -0.39 is 0 Å². The molecule has 1 saturated heterocycles. The highest BCUT2D eigenvalue weighted by molar-refractivity contribution is 8.06. The molecule has 1 N–H and O–H groups in total. The van der Waals surface area contributed by atoms with E-state index in [4.69, 9.17) is 9.72 Å². The minimum absolute atomic E-state index is 0.565. The van der Waals surface area contributed by atoms with Crippen LogP contribution >= 0.6 is 34.9 Å². The third-order valence-corrected chi connectivity index (χ3v) is 7.69. The Kier molecular flexibility index (Phi) is 6.49. The van der Waals surface area contributed by atoms with Gasteiger partial charge in [-0.2, -0.15) is 11.8 Å². The Hall–Kier alpha value is 0.250. The zero-order valence-electron chi connectivity index (χ0n) is 11.8. The SMILES string of the molecule is CCC1SCCSC1c1nc(COC)c(CNC)s1.